The first-order valence-electron chi connectivity index (χ1n) is 9.57. The third-order valence-corrected chi connectivity index (χ3v) is 4.35. The van der Waals surface area contributed by atoms with Gasteiger partial charge >= 0.3 is 5.97 Å². The summed E-state index contributed by atoms with van der Waals surface area (Å²) in [7, 11) is 0. The molecule has 2 rings (SSSR count). The van der Waals surface area contributed by atoms with Crippen molar-refractivity contribution in [2.24, 2.45) is 0 Å². The van der Waals surface area contributed by atoms with Gasteiger partial charge in [0.15, 0.2) is 0 Å². The Balaban J connectivity index is 1.97. The van der Waals surface area contributed by atoms with Crippen LogP contribution in [0.25, 0.3) is 0 Å². The fraction of sp³-hybridized carbons (Fsp3) is 0.435. The average molecular weight is 354 g/mol. The minimum absolute atomic E-state index is 0.293. The van der Waals surface area contributed by atoms with Crippen molar-refractivity contribution in [2.45, 2.75) is 59.3 Å². The topological polar surface area (TPSA) is 35.5 Å². The highest BCUT2D eigenvalue weighted by Crippen LogP contribution is 2.28. The second kappa shape index (κ2) is 10.0. The molecule has 0 aliphatic rings. The number of aryl methyl sites for hydroxylation is 1. The van der Waals surface area contributed by atoms with E-state index in [1.54, 1.807) is 12.1 Å². The van der Waals surface area contributed by atoms with Crippen molar-refractivity contribution >= 4 is 5.97 Å². The van der Waals surface area contributed by atoms with E-state index >= 15 is 0 Å². The van der Waals surface area contributed by atoms with E-state index in [1.807, 2.05) is 37.3 Å². The summed E-state index contributed by atoms with van der Waals surface area (Å²) in [6.45, 7) is 9.09. The lowest BCUT2D eigenvalue weighted by atomic mass is 10.0. The first-order chi connectivity index (χ1) is 12.5. The van der Waals surface area contributed by atoms with Crippen LogP contribution < -0.4 is 9.47 Å². The third-order valence-electron chi connectivity index (χ3n) is 4.35. The highest BCUT2D eigenvalue weighted by molar-refractivity contribution is 5.91. The highest BCUT2D eigenvalue weighted by Gasteiger charge is 2.14. The number of carbonyl (C=O) groups excluding carboxylic acids is 1. The van der Waals surface area contributed by atoms with Crippen LogP contribution in [0.4, 0.5) is 0 Å². The van der Waals surface area contributed by atoms with Gasteiger partial charge < -0.3 is 9.47 Å². The Kier molecular flexibility index (Phi) is 7.71. The van der Waals surface area contributed by atoms with Crippen LogP contribution in [0, 0.1) is 6.92 Å². The van der Waals surface area contributed by atoms with E-state index in [1.165, 1.54) is 19.3 Å². The molecular weight excluding hydrogens is 324 g/mol. The molecule has 0 heterocycles. The molecule has 0 fully saturated rings. The fourth-order valence-corrected chi connectivity index (χ4v) is 2.77. The summed E-state index contributed by atoms with van der Waals surface area (Å²) < 4.78 is 11.4. The van der Waals surface area contributed by atoms with Crippen molar-refractivity contribution in [1.82, 2.24) is 0 Å². The first-order valence-corrected chi connectivity index (χ1v) is 9.57. The van der Waals surface area contributed by atoms with Crippen LogP contribution >= 0.6 is 0 Å². The Morgan fingerprint density at radius 2 is 1.73 bits per heavy atom. The predicted molar refractivity (Wildman–Crippen MR) is 106 cm³/mol. The molecule has 0 bridgehead atoms. The van der Waals surface area contributed by atoms with Crippen molar-refractivity contribution in [3.05, 3.63) is 59.2 Å². The number of unbranched alkanes of at least 4 members (excludes halogenated alkanes) is 3. The van der Waals surface area contributed by atoms with E-state index in [-0.39, 0.29) is 5.97 Å². The van der Waals surface area contributed by atoms with E-state index in [0.29, 0.717) is 23.8 Å². The van der Waals surface area contributed by atoms with E-state index in [9.17, 15) is 4.79 Å². The molecule has 0 aliphatic heterocycles. The number of ether oxygens (including phenoxy) is 2. The molecular formula is C23H30O3. The number of rotatable bonds is 9. The zero-order valence-electron chi connectivity index (χ0n) is 16.4. The molecule has 3 heteroatoms. The van der Waals surface area contributed by atoms with Gasteiger partial charge in [-0.15, -0.1) is 0 Å². The van der Waals surface area contributed by atoms with Gasteiger partial charge in [0.25, 0.3) is 0 Å². The molecule has 2 aromatic carbocycles. The molecule has 0 unspecified atom stereocenters. The van der Waals surface area contributed by atoms with Gasteiger partial charge in [0.1, 0.15) is 11.5 Å². The molecule has 0 saturated carbocycles. The molecule has 0 spiro atoms. The molecule has 0 atom stereocenters. The Morgan fingerprint density at radius 3 is 2.38 bits per heavy atom. The lowest BCUT2D eigenvalue weighted by molar-refractivity contribution is 0.0732. The summed E-state index contributed by atoms with van der Waals surface area (Å²) in [5, 5.41) is 0. The normalized spacial score (nSPS) is 10.8. The Hall–Kier alpha value is -2.29. The Labute approximate surface area is 157 Å². The lowest BCUT2D eigenvalue weighted by Crippen LogP contribution is -2.10. The van der Waals surface area contributed by atoms with Crippen molar-refractivity contribution in [3.8, 4) is 11.5 Å². The van der Waals surface area contributed by atoms with Crippen LogP contribution in [-0.4, -0.2) is 12.6 Å². The maximum absolute atomic E-state index is 12.5. The second-order valence-corrected chi connectivity index (χ2v) is 7.02. The molecule has 26 heavy (non-hydrogen) atoms. The third kappa shape index (κ3) is 5.91. The molecule has 0 radical (unpaired) electrons. The van der Waals surface area contributed by atoms with Gasteiger partial charge in [-0.25, -0.2) is 4.79 Å². The van der Waals surface area contributed by atoms with Crippen molar-refractivity contribution in [3.63, 3.8) is 0 Å². The van der Waals surface area contributed by atoms with Crippen LogP contribution in [0.3, 0.4) is 0 Å². The van der Waals surface area contributed by atoms with Gasteiger partial charge in [-0.2, -0.15) is 0 Å². The van der Waals surface area contributed by atoms with Gasteiger partial charge in [-0.05, 0) is 60.7 Å². The standard InChI is InChI=1S/C23H30O3/c1-5-6-7-8-15-25-20-12-10-19(11-13-20)23(24)26-22-16-18(4)9-14-21(22)17(2)3/h9-14,16-17H,5-8,15H2,1-4H3. The molecule has 0 saturated heterocycles. The molecule has 0 aliphatic carbocycles. The van der Waals surface area contributed by atoms with Gasteiger partial charge in [0.2, 0.25) is 0 Å². The summed E-state index contributed by atoms with van der Waals surface area (Å²) in [6, 6.07) is 13.2. The summed E-state index contributed by atoms with van der Waals surface area (Å²) in [5.74, 6) is 1.38. The average Bonchev–Trinajstić information content (AvgIpc) is 2.62. The SMILES string of the molecule is CCCCCCOc1ccc(C(=O)Oc2cc(C)ccc2C(C)C)cc1. The summed E-state index contributed by atoms with van der Waals surface area (Å²) in [5.41, 5.74) is 2.64. The van der Waals surface area contributed by atoms with E-state index in [4.69, 9.17) is 9.47 Å². The monoisotopic (exact) mass is 354 g/mol. The van der Waals surface area contributed by atoms with Crippen LogP contribution in [-0.2, 0) is 0 Å². The van der Waals surface area contributed by atoms with Crippen LogP contribution in [0.5, 0.6) is 11.5 Å². The summed E-state index contributed by atoms with van der Waals surface area (Å²) in [6.07, 6.45) is 4.71. The number of hydrogen-bond acceptors (Lipinski definition) is 3. The van der Waals surface area contributed by atoms with Gasteiger partial charge in [-0.3, -0.25) is 0 Å². The van der Waals surface area contributed by atoms with E-state index < -0.39 is 0 Å². The largest absolute Gasteiger partial charge is 0.494 e. The van der Waals surface area contributed by atoms with Gasteiger partial charge in [-0.1, -0.05) is 52.2 Å². The van der Waals surface area contributed by atoms with Crippen molar-refractivity contribution in [2.75, 3.05) is 6.61 Å². The fourth-order valence-electron chi connectivity index (χ4n) is 2.77. The zero-order valence-corrected chi connectivity index (χ0v) is 16.4. The Morgan fingerprint density at radius 1 is 1.00 bits per heavy atom. The molecule has 0 amide bonds. The molecule has 0 aromatic heterocycles. The minimum atomic E-state index is -0.341. The molecule has 2 aromatic rings. The quantitative estimate of drug-likeness (QED) is 0.301. The maximum Gasteiger partial charge on any atom is 0.343 e. The lowest BCUT2D eigenvalue weighted by Gasteiger charge is -2.14. The molecule has 140 valence electrons. The predicted octanol–water partition coefficient (Wildman–Crippen LogP) is 6.30. The highest BCUT2D eigenvalue weighted by atomic mass is 16.5. The van der Waals surface area contributed by atoms with Crippen LogP contribution in [0.1, 0.15) is 73.9 Å². The molecule has 0 N–H and O–H groups in total. The van der Waals surface area contributed by atoms with Crippen molar-refractivity contribution < 1.29 is 14.3 Å². The Bertz CT molecular complexity index is 702. The minimum Gasteiger partial charge on any atom is -0.494 e. The number of esters is 1. The number of carbonyl (C=O) groups is 1. The van der Waals surface area contributed by atoms with Gasteiger partial charge in [0, 0.05) is 0 Å². The zero-order chi connectivity index (χ0) is 18.9. The first kappa shape index (κ1) is 20.0. The smallest absolute Gasteiger partial charge is 0.343 e. The van der Waals surface area contributed by atoms with Gasteiger partial charge in [0.05, 0.1) is 12.2 Å². The van der Waals surface area contributed by atoms with E-state index in [0.717, 1.165) is 23.3 Å². The van der Waals surface area contributed by atoms with Crippen LogP contribution in [0.2, 0.25) is 0 Å². The second-order valence-electron chi connectivity index (χ2n) is 7.02. The van der Waals surface area contributed by atoms with Crippen molar-refractivity contribution in [1.29, 1.82) is 0 Å². The molecule has 3 nitrogen and oxygen atoms in total. The summed E-state index contributed by atoms with van der Waals surface area (Å²) in [4.78, 5) is 12.5. The summed E-state index contributed by atoms with van der Waals surface area (Å²) >= 11 is 0. The number of hydrogen-bond donors (Lipinski definition) is 0. The van der Waals surface area contributed by atoms with E-state index in [2.05, 4.69) is 20.8 Å². The number of benzene rings is 2. The van der Waals surface area contributed by atoms with Crippen LogP contribution in [0.15, 0.2) is 42.5 Å². The maximum atomic E-state index is 12.5.